The molecule has 0 aromatic heterocycles. The highest BCUT2D eigenvalue weighted by molar-refractivity contribution is 9.10. The summed E-state index contributed by atoms with van der Waals surface area (Å²) in [5, 5.41) is 11.8. The minimum atomic E-state index is -0.416. The molecule has 102 valence electrons. The summed E-state index contributed by atoms with van der Waals surface area (Å²) in [5.41, 5.74) is 0.718. The lowest BCUT2D eigenvalue weighted by Crippen LogP contribution is -2.39. The van der Waals surface area contributed by atoms with E-state index in [0.717, 1.165) is 32.8 Å². The molecule has 2 rings (SSSR count). The standard InChI is InChI=1S/C13H15BrFN3O/c14-12-10(9-16)1-2-11(13(12)15)17-3-4-18-5-7-19-8-6-18/h1-2,17H,3-8H2. The first-order valence-corrected chi connectivity index (χ1v) is 6.93. The third-order valence-corrected chi connectivity index (χ3v) is 3.83. The molecule has 0 amide bonds. The van der Waals surface area contributed by atoms with Crippen molar-refractivity contribution in [1.29, 1.82) is 5.26 Å². The van der Waals surface area contributed by atoms with Crippen molar-refractivity contribution >= 4 is 21.6 Å². The molecular formula is C13H15BrFN3O. The Morgan fingerprint density at radius 3 is 2.84 bits per heavy atom. The summed E-state index contributed by atoms with van der Waals surface area (Å²) in [7, 11) is 0. The number of hydrogen-bond acceptors (Lipinski definition) is 4. The third-order valence-electron chi connectivity index (χ3n) is 3.05. The summed E-state index contributed by atoms with van der Waals surface area (Å²) in [6.45, 7) is 4.87. The van der Waals surface area contributed by atoms with E-state index in [1.165, 1.54) is 0 Å². The van der Waals surface area contributed by atoms with Crippen molar-refractivity contribution in [3.05, 3.63) is 28.0 Å². The second-order valence-corrected chi connectivity index (χ2v) is 5.07. The first-order chi connectivity index (χ1) is 9.22. The normalized spacial score (nSPS) is 16.1. The van der Waals surface area contributed by atoms with Gasteiger partial charge in [0.25, 0.3) is 0 Å². The Bertz CT molecular complexity index is 484. The molecule has 0 bridgehead atoms. The second-order valence-electron chi connectivity index (χ2n) is 4.28. The Balaban J connectivity index is 1.89. The second kappa shape index (κ2) is 6.85. The Morgan fingerprint density at radius 1 is 1.42 bits per heavy atom. The first-order valence-electron chi connectivity index (χ1n) is 6.14. The number of anilines is 1. The van der Waals surface area contributed by atoms with Crippen molar-refractivity contribution in [2.75, 3.05) is 44.7 Å². The first kappa shape index (κ1) is 14.3. The summed E-state index contributed by atoms with van der Waals surface area (Å²) < 4.78 is 19.4. The lowest BCUT2D eigenvalue weighted by molar-refractivity contribution is 0.0398. The summed E-state index contributed by atoms with van der Waals surface area (Å²) >= 11 is 3.10. The minimum absolute atomic E-state index is 0.214. The molecule has 19 heavy (non-hydrogen) atoms. The van der Waals surface area contributed by atoms with Crippen LogP contribution in [-0.4, -0.2) is 44.3 Å². The van der Waals surface area contributed by atoms with Crippen LogP contribution >= 0.6 is 15.9 Å². The summed E-state index contributed by atoms with van der Waals surface area (Å²) in [5.74, 6) is -0.416. The molecule has 0 unspecified atom stereocenters. The van der Waals surface area contributed by atoms with E-state index in [1.54, 1.807) is 12.1 Å². The van der Waals surface area contributed by atoms with Crippen molar-refractivity contribution in [2.24, 2.45) is 0 Å². The number of rotatable bonds is 4. The number of halogens is 2. The summed E-state index contributed by atoms with van der Waals surface area (Å²) in [6.07, 6.45) is 0. The predicted octanol–water partition coefficient (Wildman–Crippen LogP) is 2.20. The lowest BCUT2D eigenvalue weighted by atomic mass is 10.2. The van der Waals surface area contributed by atoms with Gasteiger partial charge in [-0.3, -0.25) is 4.90 Å². The molecule has 0 spiro atoms. The van der Waals surface area contributed by atoms with Crippen molar-refractivity contribution in [3.8, 4) is 6.07 Å². The van der Waals surface area contributed by atoms with Gasteiger partial charge in [-0.25, -0.2) is 4.39 Å². The molecule has 1 fully saturated rings. The van der Waals surface area contributed by atoms with E-state index in [-0.39, 0.29) is 4.47 Å². The van der Waals surface area contributed by atoms with Gasteiger partial charge in [-0.15, -0.1) is 0 Å². The van der Waals surface area contributed by atoms with E-state index in [1.807, 2.05) is 6.07 Å². The molecule has 0 aliphatic carbocycles. The molecule has 0 atom stereocenters. The van der Waals surface area contributed by atoms with E-state index in [2.05, 4.69) is 26.1 Å². The Labute approximate surface area is 120 Å². The smallest absolute Gasteiger partial charge is 0.161 e. The molecule has 1 aromatic rings. The Morgan fingerprint density at radius 2 is 2.16 bits per heavy atom. The van der Waals surface area contributed by atoms with E-state index >= 15 is 0 Å². The highest BCUT2D eigenvalue weighted by Crippen LogP contribution is 2.26. The monoisotopic (exact) mass is 327 g/mol. The van der Waals surface area contributed by atoms with Crippen LogP contribution in [0, 0.1) is 17.1 Å². The predicted molar refractivity (Wildman–Crippen MR) is 74.6 cm³/mol. The number of hydrogen-bond donors (Lipinski definition) is 1. The largest absolute Gasteiger partial charge is 0.381 e. The van der Waals surface area contributed by atoms with E-state index in [9.17, 15) is 4.39 Å². The maximum Gasteiger partial charge on any atom is 0.161 e. The fourth-order valence-electron chi connectivity index (χ4n) is 1.95. The Kier molecular flexibility index (Phi) is 5.14. The highest BCUT2D eigenvalue weighted by atomic mass is 79.9. The van der Waals surface area contributed by atoms with Crippen molar-refractivity contribution in [3.63, 3.8) is 0 Å². The third kappa shape index (κ3) is 3.66. The number of benzene rings is 1. The topological polar surface area (TPSA) is 48.3 Å². The average molecular weight is 328 g/mol. The van der Waals surface area contributed by atoms with Crippen LogP contribution in [0.5, 0.6) is 0 Å². The van der Waals surface area contributed by atoms with Gasteiger partial charge < -0.3 is 10.1 Å². The van der Waals surface area contributed by atoms with Gasteiger partial charge in [0.1, 0.15) is 6.07 Å². The van der Waals surface area contributed by atoms with E-state index in [0.29, 0.717) is 17.8 Å². The van der Waals surface area contributed by atoms with Crippen LogP contribution in [0.15, 0.2) is 16.6 Å². The van der Waals surface area contributed by atoms with Gasteiger partial charge in [-0.2, -0.15) is 5.26 Å². The quantitative estimate of drug-likeness (QED) is 0.921. The maximum atomic E-state index is 13.9. The van der Waals surface area contributed by atoms with Gasteiger partial charge in [0, 0.05) is 26.2 Å². The molecule has 1 heterocycles. The molecule has 6 heteroatoms. The van der Waals surface area contributed by atoms with Crippen LogP contribution in [0.25, 0.3) is 0 Å². The fourth-order valence-corrected chi connectivity index (χ4v) is 2.38. The van der Waals surface area contributed by atoms with Crippen LogP contribution < -0.4 is 5.32 Å². The molecule has 1 N–H and O–H groups in total. The molecule has 1 aliphatic rings. The van der Waals surface area contributed by atoms with Gasteiger partial charge in [-0.1, -0.05) is 0 Å². The van der Waals surface area contributed by atoms with Crippen molar-refractivity contribution in [1.82, 2.24) is 4.90 Å². The van der Waals surface area contributed by atoms with Crippen molar-refractivity contribution in [2.45, 2.75) is 0 Å². The fraction of sp³-hybridized carbons (Fsp3) is 0.462. The van der Waals surface area contributed by atoms with Crippen LogP contribution in [0.3, 0.4) is 0 Å². The number of nitrogens with zero attached hydrogens (tertiary/aromatic N) is 2. The summed E-state index contributed by atoms with van der Waals surface area (Å²) in [6, 6.07) is 5.13. The highest BCUT2D eigenvalue weighted by Gasteiger charge is 2.12. The summed E-state index contributed by atoms with van der Waals surface area (Å²) in [4.78, 5) is 2.27. The molecular weight excluding hydrogens is 313 g/mol. The zero-order valence-corrected chi connectivity index (χ0v) is 12.0. The Hall–Kier alpha value is -1.16. The molecule has 1 saturated heterocycles. The van der Waals surface area contributed by atoms with Gasteiger partial charge in [0.15, 0.2) is 5.82 Å². The van der Waals surface area contributed by atoms with Gasteiger partial charge in [0.05, 0.1) is 28.9 Å². The minimum Gasteiger partial charge on any atom is -0.381 e. The maximum absolute atomic E-state index is 13.9. The molecule has 1 aromatic carbocycles. The van der Waals surface area contributed by atoms with Gasteiger partial charge in [0.2, 0.25) is 0 Å². The molecule has 1 aliphatic heterocycles. The van der Waals surface area contributed by atoms with Crippen LogP contribution in [0.4, 0.5) is 10.1 Å². The van der Waals surface area contributed by atoms with Crippen molar-refractivity contribution < 1.29 is 9.13 Å². The zero-order chi connectivity index (χ0) is 13.7. The number of nitrogens with one attached hydrogen (secondary N) is 1. The van der Waals surface area contributed by atoms with Gasteiger partial charge in [-0.05, 0) is 28.1 Å². The number of morpholine rings is 1. The van der Waals surface area contributed by atoms with Gasteiger partial charge >= 0.3 is 0 Å². The number of nitriles is 1. The molecule has 4 nitrogen and oxygen atoms in total. The number of ether oxygens (including phenoxy) is 1. The SMILES string of the molecule is N#Cc1ccc(NCCN2CCOCC2)c(F)c1Br. The lowest BCUT2D eigenvalue weighted by Gasteiger charge is -2.26. The van der Waals surface area contributed by atoms with E-state index in [4.69, 9.17) is 10.00 Å². The van der Waals surface area contributed by atoms with Crippen LogP contribution in [-0.2, 0) is 4.74 Å². The molecule has 0 saturated carbocycles. The van der Waals surface area contributed by atoms with Crippen LogP contribution in [0.2, 0.25) is 0 Å². The molecule has 0 radical (unpaired) electrons. The zero-order valence-electron chi connectivity index (χ0n) is 10.5. The average Bonchev–Trinajstić information content (AvgIpc) is 2.45. The van der Waals surface area contributed by atoms with E-state index < -0.39 is 5.82 Å². The van der Waals surface area contributed by atoms with Crippen LogP contribution in [0.1, 0.15) is 5.56 Å².